The van der Waals surface area contributed by atoms with Crippen molar-refractivity contribution in [2.75, 3.05) is 0 Å². The number of rotatable bonds is 7. The molecule has 94 valence electrons. The molecule has 0 saturated heterocycles. The number of alkyl halides is 2. The summed E-state index contributed by atoms with van der Waals surface area (Å²) in [4.78, 5) is 11.6. The topological polar surface area (TPSA) is 17.1 Å². The first kappa shape index (κ1) is 13.6. The molecule has 3 heteroatoms. The summed E-state index contributed by atoms with van der Waals surface area (Å²) < 4.78 is 26.8. The highest BCUT2D eigenvalue weighted by Crippen LogP contribution is 2.35. The van der Waals surface area contributed by atoms with E-state index in [2.05, 4.69) is 0 Å². The number of halogens is 2. The summed E-state index contributed by atoms with van der Waals surface area (Å²) in [5.41, 5.74) is 0. The van der Waals surface area contributed by atoms with Crippen LogP contribution in [0.1, 0.15) is 52.9 Å². The van der Waals surface area contributed by atoms with Gasteiger partial charge >= 0.3 is 0 Å². The average molecular weight is 232 g/mol. The van der Waals surface area contributed by atoms with Gasteiger partial charge in [-0.15, -0.1) is 0 Å². The standard InChI is InChI=1S/C13H22F2O/c1-9(2)8-13(14,15)7-6-10(3)12(16)11-4-5-11/h9-11H,4-8H2,1-3H3. The lowest BCUT2D eigenvalue weighted by Crippen LogP contribution is -2.22. The normalized spacial score (nSPS) is 18.9. The van der Waals surface area contributed by atoms with Crippen LogP contribution in [0.5, 0.6) is 0 Å². The molecule has 1 aliphatic rings. The zero-order valence-electron chi connectivity index (χ0n) is 10.4. The molecule has 0 N–H and O–H groups in total. The molecule has 0 aromatic carbocycles. The second kappa shape index (κ2) is 5.24. The summed E-state index contributed by atoms with van der Waals surface area (Å²) in [6.07, 6.45) is 2.04. The van der Waals surface area contributed by atoms with Crippen LogP contribution in [-0.4, -0.2) is 11.7 Å². The molecule has 0 aliphatic heterocycles. The van der Waals surface area contributed by atoms with Crippen LogP contribution in [0.3, 0.4) is 0 Å². The van der Waals surface area contributed by atoms with Gasteiger partial charge in [-0.25, -0.2) is 8.78 Å². The third-order valence-electron chi connectivity index (χ3n) is 3.12. The first-order chi connectivity index (χ1) is 7.32. The quantitative estimate of drug-likeness (QED) is 0.647. The number of ketones is 1. The smallest absolute Gasteiger partial charge is 0.248 e. The average Bonchev–Trinajstić information content (AvgIpc) is 2.94. The highest BCUT2D eigenvalue weighted by molar-refractivity contribution is 5.85. The lowest BCUT2D eigenvalue weighted by molar-refractivity contribution is -0.124. The molecular weight excluding hydrogens is 210 g/mol. The Morgan fingerprint density at radius 3 is 2.31 bits per heavy atom. The Bertz CT molecular complexity index is 244. The SMILES string of the molecule is CC(C)CC(F)(F)CCC(C)C(=O)C1CC1. The van der Waals surface area contributed by atoms with Gasteiger partial charge in [0.1, 0.15) is 5.78 Å². The lowest BCUT2D eigenvalue weighted by atomic mass is 9.93. The fourth-order valence-corrected chi connectivity index (χ4v) is 2.04. The molecule has 1 rings (SSSR count). The molecule has 0 bridgehead atoms. The van der Waals surface area contributed by atoms with Gasteiger partial charge in [0.25, 0.3) is 0 Å². The van der Waals surface area contributed by atoms with E-state index in [1.807, 2.05) is 0 Å². The minimum absolute atomic E-state index is 0.00411. The molecule has 0 aromatic heterocycles. The van der Waals surface area contributed by atoms with Crippen molar-refractivity contribution in [2.45, 2.75) is 58.8 Å². The van der Waals surface area contributed by atoms with Gasteiger partial charge in [0.05, 0.1) is 0 Å². The fraction of sp³-hybridized carbons (Fsp3) is 0.923. The second-order valence-corrected chi connectivity index (χ2v) is 5.57. The van der Waals surface area contributed by atoms with Gasteiger partial charge < -0.3 is 0 Å². The van der Waals surface area contributed by atoms with E-state index in [1.165, 1.54) is 0 Å². The van der Waals surface area contributed by atoms with E-state index in [0.717, 1.165) is 12.8 Å². The molecule has 0 spiro atoms. The summed E-state index contributed by atoms with van der Waals surface area (Å²) >= 11 is 0. The largest absolute Gasteiger partial charge is 0.299 e. The van der Waals surface area contributed by atoms with Gasteiger partial charge in [-0.2, -0.15) is 0 Å². The summed E-state index contributed by atoms with van der Waals surface area (Å²) in [5, 5.41) is 0. The van der Waals surface area contributed by atoms with Crippen LogP contribution in [0, 0.1) is 17.8 Å². The minimum atomic E-state index is -2.60. The summed E-state index contributed by atoms with van der Waals surface area (Å²) in [6, 6.07) is 0. The van der Waals surface area contributed by atoms with Crippen molar-refractivity contribution in [3.05, 3.63) is 0 Å². The fourth-order valence-electron chi connectivity index (χ4n) is 2.04. The highest BCUT2D eigenvalue weighted by atomic mass is 19.3. The number of hydrogen-bond donors (Lipinski definition) is 0. The first-order valence-electron chi connectivity index (χ1n) is 6.23. The monoisotopic (exact) mass is 232 g/mol. The lowest BCUT2D eigenvalue weighted by Gasteiger charge is -2.20. The maximum absolute atomic E-state index is 13.4. The van der Waals surface area contributed by atoms with Crippen LogP contribution >= 0.6 is 0 Å². The summed E-state index contributed by atoms with van der Waals surface area (Å²) in [5.74, 6) is -2.41. The molecule has 16 heavy (non-hydrogen) atoms. The van der Waals surface area contributed by atoms with Crippen molar-refractivity contribution in [1.29, 1.82) is 0 Å². The van der Waals surface area contributed by atoms with E-state index < -0.39 is 5.92 Å². The number of Topliss-reactive ketones (excluding diaryl/α,β-unsaturated/α-hetero) is 1. The minimum Gasteiger partial charge on any atom is -0.299 e. The van der Waals surface area contributed by atoms with Crippen LogP contribution in [0.15, 0.2) is 0 Å². The molecule has 1 atom stereocenters. The van der Waals surface area contributed by atoms with Crippen LogP contribution in [0.4, 0.5) is 8.78 Å². The Balaban J connectivity index is 2.29. The molecule has 0 amide bonds. The molecule has 1 fully saturated rings. The van der Waals surface area contributed by atoms with Gasteiger partial charge in [0.2, 0.25) is 5.92 Å². The van der Waals surface area contributed by atoms with E-state index in [-0.39, 0.29) is 36.4 Å². The van der Waals surface area contributed by atoms with Gasteiger partial charge in [-0.1, -0.05) is 20.8 Å². The third-order valence-corrected chi connectivity index (χ3v) is 3.12. The van der Waals surface area contributed by atoms with Crippen molar-refractivity contribution in [3.63, 3.8) is 0 Å². The van der Waals surface area contributed by atoms with E-state index in [4.69, 9.17) is 0 Å². The van der Waals surface area contributed by atoms with Crippen LogP contribution in [0.25, 0.3) is 0 Å². The Morgan fingerprint density at radius 2 is 1.88 bits per heavy atom. The predicted molar refractivity (Wildman–Crippen MR) is 60.5 cm³/mol. The van der Waals surface area contributed by atoms with E-state index in [9.17, 15) is 13.6 Å². The zero-order chi connectivity index (χ0) is 12.3. The van der Waals surface area contributed by atoms with E-state index >= 15 is 0 Å². The number of hydrogen-bond acceptors (Lipinski definition) is 1. The van der Waals surface area contributed by atoms with Gasteiger partial charge in [-0.3, -0.25) is 4.79 Å². The first-order valence-corrected chi connectivity index (χ1v) is 6.23. The highest BCUT2D eigenvalue weighted by Gasteiger charge is 2.35. The van der Waals surface area contributed by atoms with Crippen molar-refractivity contribution in [3.8, 4) is 0 Å². The zero-order valence-corrected chi connectivity index (χ0v) is 10.4. The summed E-state index contributed by atoms with van der Waals surface area (Å²) in [6.45, 7) is 5.38. The predicted octanol–water partition coefficient (Wildman–Crippen LogP) is 4.06. The molecule has 1 saturated carbocycles. The third kappa shape index (κ3) is 4.58. The Morgan fingerprint density at radius 1 is 1.31 bits per heavy atom. The van der Waals surface area contributed by atoms with Crippen molar-refractivity contribution in [2.24, 2.45) is 17.8 Å². The van der Waals surface area contributed by atoms with Crippen molar-refractivity contribution < 1.29 is 13.6 Å². The number of carbonyl (C=O) groups excluding carboxylic acids is 1. The summed E-state index contributed by atoms with van der Waals surface area (Å²) in [7, 11) is 0. The van der Waals surface area contributed by atoms with Crippen LogP contribution in [-0.2, 0) is 4.79 Å². The molecule has 1 nitrogen and oxygen atoms in total. The van der Waals surface area contributed by atoms with Gasteiger partial charge in [0.15, 0.2) is 0 Å². The Kier molecular flexibility index (Phi) is 4.45. The van der Waals surface area contributed by atoms with Crippen LogP contribution in [0.2, 0.25) is 0 Å². The van der Waals surface area contributed by atoms with Crippen molar-refractivity contribution >= 4 is 5.78 Å². The van der Waals surface area contributed by atoms with E-state index in [1.54, 1.807) is 20.8 Å². The molecule has 1 aliphatic carbocycles. The van der Waals surface area contributed by atoms with E-state index in [0.29, 0.717) is 6.42 Å². The van der Waals surface area contributed by atoms with Gasteiger partial charge in [0, 0.05) is 24.7 Å². The van der Waals surface area contributed by atoms with Crippen LogP contribution < -0.4 is 0 Å². The number of carbonyl (C=O) groups is 1. The molecular formula is C13H22F2O. The molecule has 0 radical (unpaired) electrons. The molecule has 1 unspecified atom stereocenters. The maximum atomic E-state index is 13.4. The Hall–Kier alpha value is -0.470. The molecule has 0 heterocycles. The van der Waals surface area contributed by atoms with Gasteiger partial charge in [-0.05, 0) is 25.2 Å². The molecule has 0 aromatic rings. The Labute approximate surface area is 96.6 Å². The maximum Gasteiger partial charge on any atom is 0.248 e. The second-order valence-electron chi connectivity index (χ2n) is 5.57. The van der Waals surface area contributed by atoms with Crippen molar-refractivity contribution in [1.82, 2.24) is 0 Å².